The van der Waals surface area contributed by atoms with Crippen LogP contribution < -0.4 is 5.73 Å². The molecule has 3 heteroatoms. The Labute approximate surface area is 98.4 Å². The molecule has 92 valence electrons. The number of hydrogen-bond acceptors (Lipinski definition) is 2. The van der Waals surface area contributed by atoms with Crippen LogP contribution in [0.25, 0.3) is 0 Å². The van der Waals surface area contributed by atoms with Gasteiger partial charge in [0.15, 0.2) is 0 Å². The zero-order valence-electron chi connectivity index (χ0n) is 10.3. The molecular formula is C13H24N2O. The molecule has 2 fully saturated rings. The van der Waals surface area contributed by atoms with Crippen molar-refractivity contribution in [3.8, 4) is 0 Å². The van der Waals surface area contributed by atoms with Gasteiger partial charge in [-0.05, 0) is 44.1 Å². The summed E-state index contributed by atoms with van der Waals surface area (Å²) in [5.41, 5.74) is 5.77. The van der Waals surface area contributed by atoms with Crippen molar-refractivity contribution in [2.45, 2.75) is 38.5 Å². The standard InChI is InChI=1S/C13H24N2O/c1-15(9-10-6-7-10)13(16)12-5-3-2-4-11(12)8-14/h10-12H,2-9,14H2,1H3. The molecule has 2 aliphatic rings. The van der Waals surface area contributed by atoms with E-state index in [0.29, 0.717) is 18.4 Å². The van der Waals surface area contributed by atoms with Gasteiger partial charge in [0.05, 0.1) is 0 Å². The maximum atomic E-state index is 12.3. The third-order valence-electron chi connectivity index (χ3n) is 4.13. The van der Waals surface area contributed by atoms with Gasteiger partial charge in [-0.15, -0.1) is 0 Å². The second kappa shape index (κ2) is 5.17. The maximum absolute atomic E-state index is 12.3. The van der Waals surface area contributed by atoms with Crippen LogP contribution in [0, 0.1) is 17.8 Å². The van der Waals surface area contributed by atoms with Gasteiger partial charge in [-0.3, -0.25) is 4.79 Å². The number of nitrogens with two attached hydrogens (primary N) is 1. The van der Waals surface area contributed by atoms with Crippen LogP contribution in [0.4, 0.5) is 0 Å². The zero-order valence-corrected chi connectivity index (χ0v) is 10.3. The molecule has 0 saturated heterocycles. The van der Waals surface area contributed by atoms with E-state index in [4.69, 9.17) is 5.73 Å². The Morgan fingerprint density at radius 3 is 2.56 bits per heavy atom. The SMILES string of the molecule is CN(CC1CC1)C(=O)C1CCCCC1CN. The minimum atomic E-state index is 0.211. The molecule has 0 heterocycles. The van der Waals surface area contributed by atoms with Crippen LogP contribution >= 0.6 is 0 Å². The van der Waals surface area contributed by atoms with Crippen molar-refractivity contribution in [3.63, 3.8) is 0 Å². The molecular weight excluding hydrogens is 200 g/mol. The average Bonchev–Trinajstić information content (AvgIpc) is 3.11. The molecule has 2 aliphatic carbocycles. The van der Waals surface area contributed by atoms with E-state index in [1.807, 2.05) is 11.9 Å². The zero-order chi connectivity index (χ0) is 11.5. The highest BCUT2D eigenvalue weighted by Gasteiger charge is 2.33. The van der Waals surface area contributed by atoms with Gasteiger partial charge in [-0.25, -0.2) is 0 Å². The van der Waals surface area contributed by atoms with Crippen LogP contribution in [0.1, 0.15) is 38.5 Å². The highest BCUT2D eigenvalue weighted by atomic mass is 16.2. The molecule has 0 aromatic carbocycles. The molecule has 2 rings (SSSR count). The van der Waals surface area contributed by atoms with E-state index >= 15 is 0 Å². The summed E-state index contributed by atoms with van der Waals surface area (Å²) >= 11 is 0. The van der Waals surface area contributed by atoms with E-state index in [1.54, 1.807) is 0 Å². The van der Waals surface area contributed by atoms with Crippen molar-refractivity contribution in [2.75, 3.05) is 20.1 Å². The monoisotopic (exact) mass is 224 g/mol. The highest BCUT2D eigenvalue weighted by molar-refractivity contribution is 5.79. The Morgan fingerprint density at radius 1 is 1.25 bits per heavy atom. The summed E-state index contributed by atoms with van der Waals surface area (Å²) in [5.74, 6) is 1.78. The number of amides is 1. The van der Waals surface area contributed by atoms with Crippen molar-refractivity contribution >= 4 is 5.91 Å². The molecule has 2 atom stereocenters. The molecule has 2 N–H and O–H groups in total. The summed E-state index contributed by atoms with van der Waals surface area (Å²) in [6.07, 6.45) is 7.26. The normalized spacial score (nSPS) is 30.1. The van der Waals surface area contributed by atoms with E-state index in [1.165, 1.54) is 25.7 Å². The molecule has 0 aliphatic heterocycles. The Bertz CT molecular complexity index is 250. The first-order valence-electron chi connectivity index (χ1n) is 6.67. The third kappa shape index (κ3) is 2.76. The lowest BCUT2D eigenvalue weighted by molar-refractivity contribution is -0.137. The summed E-state index contributed by atoms with van der Waals surface area (Å²) in [6.45, 7) is 1.64. The summed E-state index contributed by atoms with van der Waals surface area (Å²) in [7, 11) is 1.96. The van der Waals surface area contributed by atoms with E-state index in [9.17, 15) is 4.79 Å². The first-order chi connectivity index (χ1) is 7.72. The molecule has 3 nitrogen and oxygen atoms in total. The van der Waals surface area contributed by atoms with E-state index < -0.39 is 0 Å². The van der Waals surface area contributed by atoms with Gasteiger partial charge in [0, 0.05) is 19.5 Å². The molecule has 2 saturated carbocycles. The summed E-state index contributed by atoms with van der Waals surface area (Å²) in [5, 5.41) is 0. The minimum Gasteiger partial charge on any atom is -0.345 e. The van der Waals surface area contributed by atoms with Crippen LogP contribution in [0.2, 0.25) is 0 Å². The largest absolute Gasteiger partial charge is 0.345 e. The van der Waals surface area contributed by atoms with Crippen LogP contribution in [-0.2, 0) is 4.79 Å². The second-order valence-corrected chi connectivity index (χ2v) is 5.55. The molecule has 0 aromatic rings. The lowest BCUT2D eigenvalue weighted by Crippen LogP contribution is -2.41. The van der Waals surface area contributed by atoms with Gasteiger partial charge < -0.3 is 10.6 Å². The summed E-state index contributed by atoms with van der Waals surface area (Å²) in [4.78, 5) is 14.3. The fraction of sp³-hybridized carbons (Fsp3) is 0.923. The van der Waals surface area contributed by atoms with Crippen molar-refractivity contribution in [1.82, 2.24) is 4.90 Å². The molecule has 16 heavy (non-hydrogen) atoms. The number of rotatable bonds is 4. The van der Waals surface area contributed by atoms with Crippen LogP contribution in [-0.4, -0.2) is 30.9 Å². The average molecular weight is 224 g/mol. The number of nitrogens with zero attached hydrogens (tertiary/aromatic N) is 1. The van der Waals surface area contributed by atoms with Crippen LogP contribution in [0.5, 0.6) is 0 Å². The third-order valence-corrected chi connectivity index (χ3v) is 4.13. The van der Waals surface area contributed by atoms with E-state index in [0.717, 1.165) is 25.3 Å². The Morgan fingerprint density at radius 2 is 1.94 bits per heavy atom. The lowest BCUT2D eigenvalue weighted by atomic mass is 9.78. The molecule has 0 aromatic heterocycles. The molecule has 2 unspecified atom stereocenters. The second-order valence-electron chi connectivity index (χ2n) is 5.55. The predicted molar refractivity (Wildman–Crippen MR) is 64.9 cm³/mol. The topological polar surface area (TPSA) is 46.3 Å². The first-order valence-corrected chi connectivity index (χ1v) is 6.67. The van der Waals surface area contributed by atoms with Crippen LogP contribution in [0.15, 0.2) is 0 Å². The van der Waals surface area contributed by atoms with E-state index in [2.05, 4.69) is 0 Å². The fourth-order valence-corrected chi connectivity index (χ4v) is 2.88. The summed E-state index contributed by atoms with van der Waals surface area (Å²) < 4.78 is 0. The van der Waals surface area contributed by atoms with Crippen molar-refractivity contribution in [1.29, 1.82) is 0 Å². The molecule has 1 amide bonds. The highest BCUT2D eigenvalue weighted by Crippen LogP contribution is 2.33. The fourth-order valence-electron chi connectivity index (χ4n) is 2.88. The van der Waals surface area contributed by atoms with Gasteiger partial charge >= 0.3 is 0 Å². The minimum absolute atomic E-state index is 0.211. The van der Waals surface area contributed by atoms with Gasteiger partial charge in [0.1, 0.15) is 0 Å². The summed E-state index contributed by atoms with van der Waals surface area (Å²) in [6, 6.07) is 0. The Balaban J connectivity index is 1.89. The number of carbonyl (C=O) groups is 1. The van der Waals surface area contributed by atoms with Crippen molar-refractivity contribution in [3.05, 3.63) is 0 Å². The van der Waals surface area contributed by atoms with E-state index in [-0.39, 0.29) is 5.92 Å². The lowest BCUT2D eigenvalue weighted by Gasteiger charge is -2.32. The Hall–Kier alpha value is -0.570. The van der Waals surface area contributed by atoms with Gasteiger partial charge in [0.2, 0.25) is 5.91 Å². The molecule has 0 bridgehead atoms. The van der Waals surface area contributed by atoms with Gasteiger partial charge in [0.25, 0.3) is 0 Å². The number of hydrogen-bond donors (Lipinski definition) is 1. The predicted octanol–water partition coefficient (Wildman–Crippen LogP) is 1.62. The quantitative estimate of drug-likeness (QED) is 0.788. The van der Waals surface area contributed by atoms with Crippen molar-refractivity contribution < 1.29 is 4.79 Å². The smallest absolute Gasteiger partial charge is 0.225 e. The Kier molecular flexibility index (Phi) is 3.85. The van der Waals surface area contributed by atoms with Gasteiger partial charge in [-0.2, -0.15) is 0 Å². The maximum Gasteiger partial charge on any atom is 0.225 e. The van der Waals surface area contributed by atoms with Crippen molar-refractivity contribution in [2.24, 2.45) is 23.5 Å². The van der Waals surface area contributed by atoms with Gasteiger partial charge in [-0.1, -0.05) is 12.8 Å². The number of carbonyl (C=O) groups excluding carboxylic acids is 1. The van der Waals surface area contributed by atoms with Crippen LogP contribution in [0.3, 0.4) is 0 Å². The molecule has 0 spiro atoms. The first kappa shape index (κ1) is 11.9. The molecule has 0 radical (unpaired) electrons.